The smallest absolute Gasteiger partial charge is 0.0709 e. The lowest BCUT2D eigenvalue weighted by molar-refractivity contribution is 1.30. The number of nitrogens with zero attached hydrogens (tertiary/aromatic N) is 2. The van der Waals surface area contributed by atoms with Crippen molar-refractivity contribution < 1.29 is 0 Å². The van der Waals surface area contributed by atoms with Crippen LogP contribution in [0.1, 0.15) is 44.5 Å². The molecule has 0 saturated heterocycles. The maximum Gasteiger partial charge on any atom is 0.0709 e. The molecule has 0 aliphatic heterocycles. The third kappa shape index (κ3) is 5.07. The van der Waals surface area contributed by atoms with Gasteiger partial charge in [0.25, 0.3) is 0 Å². The zero-order valence-electron chi connectivity index (χ0n) is 21.0. The van der Waals surface area contributed by atoms with Gasteiger partial charge >= 0.3 is 0 Å². The molecule has 4 rings (SSSR count). The van der Waals surface area contributed by atoms with Crippen molar-refractivity contribution in [3.8, 4) is 11.1 Å². The molecule has 0 atom stereocenters. The number of para-hydroxylation sites is 2. The van der Waals surface area contributed by atoms with Crippen molar-refractivity contribution in [2.45, 2.75) is 41.5 Å². The Morgan fingerprint density at radius 2 is 0.794 bits per heavy atom. The lowest BCUT2D eigenvalue weighted by Crippen LogP contribution is -1.94. The van der Waals surface area contributed by atoms with Crippen LogP contribution in [0.25, 0.3) is 11.1 Å². The Bertz CT molecular complexity index is 1250. The molecule has 0 unspecified atom stereocenters. The van der Waals surface area contributed by atoms with E-state index < -0.39 is 0 Å². The molecule has 4 aromatic carbocycles. The van der Waals surface area contributed by atoms with Crippen LogP contribution < -0.4 is 0 Å². The maximum atomic E-state index is 4.92. The monoisotopic (exact) mass is 444 g/mol. The summed E-state index contributed by atoms with van der Waals surface area (Å²) in [6.07, 6.45) is 3.99. The van der Waals surface area contributed by atoms with Gasteiger partial charge in [-0.05, 0) is 87.1 Å². The molecule has 0 radical (unpaired) electrons. The van der Waals surface area contributed by atoms with Crippen LogP contribution in [0.15, 0.2) is 82.8 Å². The number of aryl methyl sites for hydroxylation is 6. The molecule has 0 heterocycles. The van der Waals surface area contributed by atoms with Crippen LogP contribution in [-0.4, -0.2) is 12.4 Å². The summed E-state index contributed by atoms with van der Waals surface area (Å²) in [4.78, 5) is 9.85. The van der Waals surface area contributed by atoms with Crippen LogP contribution in [0, 0.1) is 41.5 Å². The van der Waals surface area contributed by atoms with Crippen LogP contribution in [0.3, 0.4) is 0 Å². The fourth-order valence-electron chi connectivity index (χ4n) is 4.69. The molecule has 0 saturated carbocycles. The third-order valence-corrected chi connectivity index (χ3v) is 6.24. The first-order valence-corrected chi connectivity index (χ1v) is 11.8. The number of aliphatic imine (C=N–C) groups is 2. The van der Waals surface area contributed by atoms with Gasteiger partial charge in [0.1, 0.15) is 0 Å². The van der Waals surface area contributed by atoms with Crippen molar-refractivity contribution >= 4 is 23.8 Å². The van der Waals surface area contributed by atoms with Gasteiger partial charge in [0, 0.05) is 23.6 Å². The minimum Gasteiger partial charge on any atom is -0.256 e. The van der Waals surface area contributed by atoms with E-state index in [2.05, 4.69) is 102 Å². The predicted molar refractivity (Wildman–Crippen MR) is 148 cm³/mol. The van der Waals surface area contributed by atoms with Crippen molar-refractivity contribution in [2.24, 2.45) is 9.98 Å². The summed E-state index contributed by atoms with van der Waals surface area (Å²) in [5.74, 6) is 0. The van der Waals surface area contributed by atoms with E-state index in [4.69, 9.17) is 9.98 Å². The van der Waals surface area contributed by atoms with Crippen molar-refractivity contribution in [3.05, 3.63) is 117 Å². The zero-order chi connectivity index (χ0) is 24.2. The van der Waals surface area contributed by atoms with Gasteiger partial charge in [0.2, 0.25) is 0 Å². The van der Waals surface area contributed by atoms with E-state index >= 15 is 0 Å². The number of hydrogen-bond acceptors (Lipinski definition) is 2. The minimum atomic E-state index is 0.937. The molecule has 2 nitrogen and oxygen atoms in total. The molecule has 0 bridgehead atoms. The Morgan fingerprint density at radius 1 is 0.471 bits per heavy atom. The highest BCUT2D eigenvalue weighted by Gasteiger charge is 2.09. The molecule has 0 aliphatic carbocycles. The Hall–Kier alpha value is -3.78. The largest absolute Gasteiger partial charge is 0.256 e. The first-order chi connectivity index (χ1) is 16.3. The molecular formula is C32H32N2. The topological polar surface area (TPSA) is 24.7 Å². The predicted octanol–water partition coefficient (Wildman–Crippen LogP) is 8.71. The van der Waals surface area contributed by atoms with E-state index in [-0.39, 0.29) is 0 Å². The van der Waals surface area contributed by atoms with Gasteiger partial charge in [-0.25, -0.2) is 0 Å². The van der Waals surface area contributed by atoms with Crippen LogP contribution in [-0.2, 0) is 0 Å². The second-order valence-electron chi connectivity index (χ2n) is 9.18. The van der Waals surface area contributed by atoms with Gasteiger partial charge in [-0.2, -0.15) is 0 Å². The average molecular weight is 445 g/mol. The summed E-state index contributed by atoms with van der Waals surface area (Å²) in [6.45, 7) is 12.8. The van der Waals surface area contributed by atoms with Gasteiger partial charge in [0.15, 0.2) is 0 Å². The summed E-state index contributed by atoms with van der Waals surface area (Å²) in [5.41, 5.74) is 13.9. The van der Waals surface area contributed by atoms with Gasteiger partial charge < -0.3 is 0 Å². The Morgan fingerprint density at radius 3 is 1.15 bits per heavy atom. The van der Waals surface area contributed by atoms with E-state index in [1.54, 1.807) is 0 Å². The quantitative estimate of drug-likeness (QED) is 0.275. The summed E-state index contributed by atoms with van der Waals surface area (Å²) in [5, 5.41) is 0. The summed E-state index contributed by atoms with van der Waals surface area (Å²) in [6, 6.07) is 25.4. The molecule has 0 amide bonds. The molecular weight excluding hydrogens is 412 g/mol. The highest BCUT2D eigenvalue weighted by Crippen LogP contribution is 2.36. The Labute approximate surface area is 203 Å². The third-order valence-electron chi connectivity index (χ3n) is 6.24. The molecule has 0 spiro atoms. The van der Waals surface area contributed by atoms with E-state index in [1.807, 2.05) is 24.6 Å². The van der Waals surface area contributed by atoms with Gasteiger partial charge in [0.05, 0.1) is 11.4 Å². The van der Waals surface area contributed by atoms with Crippen LogP contribution in [0.2, 0.25) is 0 Å². The summed E-state index contributed by atoms with van der Waals surface area (Å²) in [7, 11) is 0. The van der Waals surface area contributed by atoms with Crippen LogP contribution >= 0.6 is 0 Å². The Kier molecular flexibility index (Phi) is 6.88. The molecule has 0 aromatic heterocycles. The van der Waals surface area contributed by atoms with Gasteiger partial charge in [-0.1, -0.05) is 71.8 Å². The zero-order valence-corrected chi connectivity index (χ0v) is 21.0. The standard InChI is InChI=1S/C32H32N2/c1-21-15-23(3)29(24(4)16-21)19-33-31-13-9-7-11-27(31)28-12-8-10-14-32(28)34-20-30-25(5)17-22(2)18-26(30)6/h7-20H,1-6H3. The maximum absolute atomic E-state index is 4.92. The second-order valence-corrected chi connectivity index (χ2v) is 9.18. The summed E-state index contributed by atoms with van der Waals surface area (Å²) < 4.78 is 0. The van der Waals surface area contributed by atoms with Crippen molar-refractivity contribution in [1.29, 1.82) is 0 Å². The number of hydrogen-bond donors (Lipinski definition) is 0. The fraction of sp³-hybridized carbons (Fsp3) is 0.188. The van der Waals surface area contributed by atoms with E-state index in [0.717, 1.165) is 22.5 Å². The highest BCUT2D eigenvalue weighted by molar-refractivity contribution is 5.92. The summed E-state index contributed by atoms with van der Waals surface area (Å²) >= 11 is 0. The lowest BCUT2D eigenvalue weighted by Gasteiger charge is -2.11. The molecule has 0 fully saturated rings. The highest BCUT2D eigenvalue weighted by atomic mass is 14.7. The fourth-order valence-corrected chi connectivity index (χ4v) is 4.69. The molecule has 170 valence electrons. The average Bonchev–Trinajstić information content (AvgIpc) is 2.78. The van der Waals surface area contributed by atoms with Crippen LogP contribution in [0.5, 0.6) is 0 Å². The second kappa shape index (κ2) is 10.0. The van der Waals surface area contributed by atoms with E-state index in [0.29, 0.717) is 0 Å². The molecule has 0 N–H and O–H groups in total. The van der Waals surface area contributed by atoms with Crippen molar-refractivity contribution in [1.82, 2.24) is 0 Å². The molecule has 2 heteroatoms. The van der Waals surface area contributed by atoms with Gasteiger partial charge in [-0.15, -0.1) is 0 Å². The van der Waals surface area contributed by atoms with E-state index in [9.17, 15) is 0 Å². The number of benzene rings is 4. The first kappa shape index (κ1) is 23.4. The normalized spacial score (nSPS) is 11.6. The molecule has 4 aromatic rings. The Balaban J connectivity index is 1.75. The minimum absolute atomic E-state index is 0.937. The van der Waals surface area contributed by atoms with Crippen molar-refractivity contribution in [2.75, 3.05) is 0 Å². The molecule has 34 heavy (non-hydrogen) atoms. The first-order valence-electron chi connectivity index (χ1n) is 11.8. The van der Waals surface area contributed by atoms with Gasteiger partial charge in [-0.3, -0.25) is 9.98 Å². The number of rotatable bonds is 5. The SMILES string of the molecule is Cc1cc(C)c(C=Nc2ccccc2-c2ccccc2N=Cc2c(C)cc(C)cc2C)c(C)c1. The lowest BCUT2D eigenvalue weighted by atomic mass is 9.99. The van der Waals surface area contributed by atoms with Crippen molar-refractivity contribution in [3.63, 3.8) is 0 Å². The molecule has 0 aliphatic rings. The van der Waals surface area contributed by atoms with E-state index in [1.165, 1.54) is 44.5 Å². The van der Waals surface area contributed by atoms with Crippen LogP contribution in [0.4, 0.5) is 11.4 Å².